The van der Waals surface area contributed by atoms with Crippen LogP contribution in [0.15, 0.2) is 71.8 Å². The largest absolute Gasteiger partial charge is 0.495 e. The number of piperazine rings is 1. The number of ether oxygens (including phenoxy) is 1. The van der Waals surface area contributed by atoms with Crippen molar-refractivity contribution < 1.29 is 9.53 Å². The predicted octanol–water partition coefficient (Wildman–Crippen LogP) is 3.59. The molecule has 154 valence electrons. The molecule has 3 aromatic rings. The van der Waals surface area contributed by atoms with E-state index in [1.54, 1.807) is 7.11 Å². The molecule has 1 fully saturated rings. The van der Waals surface area contributed by atoms with E-state index in [1.165, 1.54) is 11.8 Å². The van der Waals surface area contributed by atoms with Gasteiger partial charge in [-0.05, 0) is 24.3 Å². The Morgan fingerprint density at radius 3 is 2.37 bits per heavy atom. The lowest BCUT2D eigenvalue weighted by Gasteiger charge is -2.36. The van der Waals surface area contributed by atoms with Crippen molar-refractivity contribution in [3.63, 3.8) is 0 Å². The molecule has 1 aromatic heterocycles. The summed E-state index contributed by atoms with van der Waals surface area (Å²) in [4.78, 5) is 16.8. The van der Waals surface area contributed by atoms with Crippen molar-refractivity contribution in [3.8, 4) is 17.0 Å². The first-order valence-corrected chi connectivity index (χ1v) is 10.9. The average molecular weight is 421 g/mol. The summed E-state index contributed by atoms with van der Waals surface area (Å²) in [6.07, 6.45) is 0. The van der Waals surface area contributed by atoms with Gasteiger partial charge in [0.05, 0.1) is 24.2 Å². The van der Waals surface area contributed by atoms with Crippen molar-refractivity contribution in [3.05, 3.63) is 66.7 Å². The predicted molar refractivity (Wildman–Crippen MR) is 120 cm³/mol. The van der Waals surface area contributed by atoms with Gasteiger partial charge >= 0.3 is 0 Å². The van der Waals surface area contributed by atoms with E-state index in [0.29, 0.717) is 18.8 Å². The Kier molecular flexibility index (Phi) is 6.49. The van der Waals surface area contributed by atoms with Crippen LogP contribution in [0.1, 0.15) is 0 Å². The zero-order valence-electron chi connectivity index (χ0n) is 16.9. The van der Waals surface area contributed by atoms with Gasteiger partial charge in [-0.3, -0.25) is 4.79 Å². The third kappa shape index (κ3) is 4.74. The molecule has 1 aliphatic rings. The monoisotopic (exact) mass is 420 g/mol. The molecule has 30 heavy (non-hydrogen) atoms. The van der Waals surface area contributed by atoms with E-state index in [0.717, 1.165) is 40.8 Å². The Hall–Kier alpha value is -3.06. The Bertz CT molecular complexity index is 974. The lowest BCUT2D eigenvalue weighted by Crippen LogP contribution is -2.49. The van der Waals surface area contributed by atoms with Gasteiger partial charge in [0.15, 0.2) is 0 Å². The van der Waals surface area contributed by atoms with E-state index in [4.69, 9.17) is 4.74 Å². The summed E-state index contributed by atoms with van der Waals surface area (Å²) < 4.78 is 5.46. The zero-order valence-corrected chi connectivity index (χ0v) is 17.7. The lowest BCUT2D eigenvalue weighted by atomic mass is 10.1. The highest BCUT2D eigenvalue weighted by Gasteiger charge is 2.23. The molecule has 0 atom stereocenters. The second-order valence-corrected chi connectivity index (χ2v) is 7.95. The molecule has 4 rings (SSSR count). The number of hydrogen-bond acceptors (Lipinski definition) is 6. The summed E-state index contributed by atoms with van der Waals surface area (Å²) in [5.41, 5.74) is 2.94. The van der Waals surface area contributed by atoms with Gasteiger partial charge in [0.25, 0.3) is 0 Å². The lowest BCUT2D eigenvalue weighted by molar-refractivity contribution is -0.128. The molecule has 2 aromatic carbocycles. The van der Waals surface area contributed by atoms with E-state index >= 15 is 0 Å². The van der Waals surface area contributed by atoms with Crippen LogP contribution in [0.4, 0.5) is 5.69 Å². The molecule has 0 spiro atoms. The van der Waals surface area contributed by atoms with Crippen LogP contribution in [0.25, 0.3) is 11.3 Å². The summed E-state index contributed by atoms with van der Waals surface area (Å²) in [5, 5.41) is 9.31. The second-order valence-electron chi connectivity index (χ2n) is 6.95. The standard InChI is InChI=1S/C23H24N4O2S/c1-29-21-10-6-5-9-20(21)26-13-15-27(16-14-26)23(28)17-30-22-12-11-19(24-25-22)18-7-3-2-4-8-18/h2-12H,13-17H2,1H3. The first-order chi connectivity index (χ1) is 14.7. The van der Waals surface area contributed by atoms with Crippen LogP contribution in [0, 0.1) is 0 Å². The number of rotatable bonds is 6. The zero-order chi connectivity index (χ0) is 20.8. The van der Waals surface area contributed by atoms with E-state index in [9.17, 15) is 4.79 Å². The number of hydrogen-bond donors (Lipinski definition) is 0. The minimum Gasteiger partial charge on any atom is -0.495 e. The Morgan fingerprint density at radius 2 is 1.67 bits per heavy atom. The maximum atomic E-state index is 12.6. The van der Waals surface area contributed by atoms with Crippen molar-refractivity contribution in [2.24, 2.45) is 0 Å². The van der Waals surface area contributed by atoms with Gasteiger partial charge in [0.1, 0.15) is 10.8 Å². The van der Waals surface area contributed by atoms with Crippen LogP contribution >= 0.6 is 11.8 Å². The minimum absolute atomic E-state index is 0.133. The summed E-state index contributed by atoms with van der Waals surface area (Å²) in [7, 11) is 1.69. The molecule has 1 amide bonds. The second kappa shape index (κ2) is 9.63. The number of aromatic nitrogens is 2. The number of carbonyl (C=O) groups excluding carboxylic acids is 1. The molecule has 0 unspecified atom stereocenters. The molecule has 7 heteroatoms. The first kappa shape index (κ1) is 20.2. The molecule has 2 heterocycles. The normalized spacial score (nSPS) is 13.9. The average Bonchev–Trinajstić information content (AvgIpc) is 2.83. The molecule has 0 radical (unpaired) electrons. The quantitative estimate of drug-likeness (QED) is 0.568. The fraction of sp³-hybridized carbons (Fsp3) is 0.261. The maximum absolute atomic E-state index is 12.6. The number of nitrogens with zero attached hydrogens (tertiary/aromatic N) is 4. The molecular weight excluding hydrogens is 396 g/mol. The molecule has 0 N–H and O–H groups in total. The number of carbonyl (C=O) groups is 1. The van der Waals surface area contributed by atoms with E-state index in [2.05, 4.69) is 21.2 Å². The number of para-hydroxylation sites is 2. The van der Waals surface area contributed by atoms with Crippen molar-refractivity contribution in [1.82, 2.24) is 15.1 Å². The van der Waals surface area contributed by atoms with E-state index in [1.807, 2.05) is 65.6 Å². The van der Waals surface area contributed by atoms with Gasteiger partial charge < -0.3 is 14.5 Å². The van der Waals surface area contributed by atoms with Gasteiger partial charge in [-0.15, -0.1) is 10.2 Å². The summed E-state index contributed by atoms with van der Waals surface area (Å²) >= 11 is 1.43. The molecule has 0 saturated carbocycles. The Labute approximate surface area is 180 Å². The molecule has 0 aliphatic carbocycles. The third-order valence-electron chi connectivity index (χ3n) is 5.11. The fourth-order valence-corrected chi connectivity index (χ4v) is 4.19. The SMILES string of the molecule is COc1ccccc1N1CCN(C(=O)CSc2ccc(-c3ccccc3)nn2)CC1. The molecule has 1 saturated heterocycles. The molecule has 1 aliphatic heterocycles. The topological polar surface area (TPSA) is 58.6 Å². The van der Waals surface area contributed by atoms with E-state index in [-0.39, 0.29) is 5.91 Å². The Morgan fingerprint density at radius 1 is 0.933 bits per heavy atom. The summed E-state index contributed by atoms with van der Waals surface area (Å²) in [6.45, 7) is 3.00. The van der Waals surface area contributed by atoms with E-state index < -0.39 is 0 Å². The van der Waals surface area contributed by atoms with Crippen LogP contribution in [-0.2, 0) is 4.79 Å². The van der Waals surface area contributed by atoms with Gasteiger partial charge in [0.2, 0.25) is 5.91 Å². The first-order valence-electron chi connectivity index (χ1n) is 9.92. The molecule has 6 nitrogen and oxygen atoms in total. The van der Waals surface area contributed by atoms with Crippen LogP contribution in [-0.4, -0.2) is 60.0 Å². The highest BCUT2D eigenvalue weighted by atomic mass is 32.2. The highest BCUT2D eigenvalue weighted by molar-refractivity contribution is 7.99. The number of anilines is 1. The van der Waals surface area contributed by atoms with Crippen LogP contribution in [0.5, 0.6) is 5.75 Å². The molecular formula is C23H24N4O2S. The Balaban J connectivity index is 1.28. The van der Waals surface area contributed by atoms with Gasteiger partial charge in [0, 0.05) is 31.7 Å². The van der Waals surface area contributed by atoms with Crippen molar-refractivity contribution in [1.29, 1.82) is 0 Å². The summed E-state index contributed by atoms with van der Waals surface area (Å²) in [6, 6.07) is 21.8. The van der Waals surface area contributed by atoms with Gasteiger partial charge in [-0.25, -0.2) is 0 Å². The maximum Gasteiger partial charge on any atom is 0.233 e. The van der Waals surface area contributed by atoms with Crippen LogP contribution in [0.2, 0.25) is 0 Å². The van der Waals surface area contributed by atoms with Crippen molar-refractivity contribution in [2.45, 2.75) is 5.03 Å². The van der Waals surface area contributed by atoms with Crippen LogP contribution in [0.3, 0.4) is 0 Å². The number of thioether (sulfide) groups is 1. The fourth-order valence-electron chi connectivity index (χ4n) is 3.47. The number of methoxy groups -OCH3 is 1. The van der Waals surface area contributed by atoms with Gasteiger partial charge in [-0.1, -0.05) is 54.2 Å². The molecule has 0 bridgehead atoms. The highest BCUT2D eigenvalue weighted by Crippen LogP contribution is 2.28. The smallest absolute Gasteiger partial charge is 0.233 e. The summed E-state index contributed by atoms with van der Waals surface area (Å²) in [5.74, 6) is 1.37. The van der Waals surface area contributed by atoms with Crippen LogP contribution < -0.4 is 9.64 Å². The minimum atomic E-state index is 0.133. The van der Waals surface area contributed by atoms with Crippen molar-refractivity contribution >= 4 is 23.4 Å². The van der Waals surface area contributed by atoms with Crippen molar-refractivity contribution in [2.75, 3.05) is 43.9 Å². The van der Waals surface area contributed by atoms with Gasteiger partial charge in [-0.2, -0.15) is 0 Å². The number of amides is 1. The number of benzene rings is 2. The third-order valence-corrected chi connectivity index (χ3v) is 6.02.